The molecule has 0 saturated heterocycles. The fourth-order valence-corrected chi connectivity index (χ4v) is 3.01. The predicted molar refractivity (Wildman–Crippen MR) is 108 cm³/mol. The van der Waals surface area contributed by atoms with Gasteiger partial charge in [0.25, 0.3) is 5.91 Å². The molecule has 1 atom stereocenters. The van der Waals surface area contributed by atoms with Crippen LogP contribution in [-0.2, 0) is 9.53 Å². The third-order valence-electron chi connectivity index (χ3n) is 4.55. The summed E-state index contributed by atoms with van der Waals surface area (Å²) in [6.07, 6.45) is 1.32. The van der Waals surface area contributed by atoms with Gasteiger partial charge in [-0.3, -0.25) is 14.6 Å². The lowest BCUT2D eigenvalue weighted by Gasteiger charge is -2.18. The maximum absolute atomic E-state index is 14.2. The number of benzene rings is 2. The Morgan fingerprint density at radius 1 is 1.00 bits per heavy atom. The number of nitrogens with one attached hydrogen (secondary N) is 1. The van der Waals surface area contributed by atoms with Crippen LogP contribution in [0, 0.1) is 17.5 Å². The average Bonchev–Trinajstić information content (AvgIpc) is 2.76. The number of carbonyl (C=O) groups is 2. The van der Waals surface area contributed by atoms with E-state index in [0.29, 0.717) is 11.3 Å². The first-order valence-electron chi connectivity index (χ1n) is 9.51. The number of aromatic nitrogens is 1. The number of carbonyl (C=O) groups excluding carboxylic acids is 2. The first kappa shape index (κ1) is 22.0. The van der Waals surface area contributed by atoms with Crippen molar-refractivity contribution >= 4 is 11.9 Å². The molecule has 1 unspecified atom stereocenters. The number of pyridine rings is 1. The zero-order chi connectivity index (χ0) is 22.4. The SMILES string of the molecule is CCOC(=O)C(CNC(=O)c1ccc(-c2ccc(F)cc2)nc1)c1c(F)cccc1F. The minimum atomic E-state index is -1.35. The van der Waals surface area contributed by atoms with Gasteiger partial charge in [0, 0.05) is 23.9 Å². The highest BCUT2D eigenvalue weighted by atomic mass is 19.1. The molecule has 2 aromatic carbocycles. The van der Waals surface area contributed by atoms with Gasteiger partial charge in [0.15, 0.2) is 0 Å². The molecule has 0 aliphatic heterocycles. The molecule has 5 nitrogen and oxygen atoms in total. The summed E-state index contributed by atoms with van der Waals surface area (Å²) >= 11 is 0. The van der Waals surface area contributed by atoms with Crippen molar-refractivity contribution in [3.8, 4) is 11.3 Å². The van der Waals surface area contributed by atoms with Gasteiger partial charge in [-0.05, 0) is 55.5 Å². The first-order chi connectivity index (χ1) is 14.9. The van der Waals surface area contributed by atoms with Gasteiger partial charge in [0.1, 0.15) is 23.4 Å². The molecule has 0 bridgehead atoms. The Balaban J connectivity index is 1.74. The molecule has 0 fully saturated rings. The van der Waals surface area contributed by atoms with Gasteiger partial charge in [-0.1, -0.05) is 6.07 Å². The summed E-state index contributed by atoms with van der Waals surface area (Å²) in [6, 6.07) is 12.1. The van der Waals surface area contributed by atoms with E-state index in [1.54, 1.807) is 25.1 Å². The van der Waals surface area contributed by atoms with Crippen molar-refractivity contribution in [3.63, 3.8) is 0 Å². The van der Waals surface area contributed by atoms with E-state index in [1.807, 2.05) is 0 Å². The summed E-state index contributed by atoms with van der Waals surface area (Å²) in [6.45, 7) is 1.23. The molecule has 1 aromatic heterocycles. The Labute approximate surface area is 176 Å². The van der Waals surface area contributed by atoms with Gasteiger partial charge >= 0.3 is 5.97 Å². The predicted octanol–water partition coefficient (Wildman–Crippen LogP) is 4.24. The minimum Gasteiger partial charge on any atom is -0.465 e. The van der Waals surface area contributed by atoms with Crippen LogP contribution in [0.15, 0.2) is 60.8 Å². The Kier molecular flexibility index (Phi) is 7.02. The molecule has 1 amide bonds. The first-order valence-corrected chi connectivity index (χ1v) is 9.51. The largest absolute Gasteiger partial charge is 0.465 e. The maximum Gasteiger partial charge on any atom is 0.315 e. The highest BCUT2D eigenvalue weighted by molar-refractivity contribution is 5.94. The number of esters is 1. The van der Waals surface area contributed by atoms with E-state index in [-0.39, 0.29) is 24.5 Å². The van der Waals surface area contributed by atoms with E-state index >= 15 is 0 Å². The Morgan fingerprint density at radius 2 is 1.68 bits per heavy atom. The number of nitrogens with zero attached hydrogens (tertiary/aromatic N) is 1. The van der Waals surface area contributed by atoms with Crippen LogP contribution in [0.1, 0.15) is 28.8 Å². The molecule has 1 N–H and O–H groups in total. The standard InChI is InChI=1S/C23H19F3N2O3/c1-2-31-23(30)17(21-18(25)4-3-5-19(21)26)13-28-22(29)15-8-11-20(27-12-15)14-6-9-16(24)10-7-14/h3-12,17H,2,13H2,1H3,(H,28,29). The summed E-state index contributed by atoms with van der Waals surface area (Å²) in [5, 5.41) is 2.50. The summed E-state index contributed by atoms with van der Waals surface area (Å²) in [4.78, 5) is 28.9. The number of hydrogen-bond acceptors (Lipinski definition) is 4. The molecule has 31 heavy (non-hydrogen) atoms. The molecular weight excluding hydrogens is 409 g/mol. The van der Waals surface area contributed by atoms with Crippen LogP contribution >= 0.6 is 0 Å². The fraction of sp³-hybridized carbons (Fsp3) is 0.174. The third kappa shape index (κ3) is 5.28. The van der Waals surface area contributed by atoms with Crippen molar-refractivity contribution < 1.29 is 27.5 Å². The zero-order valence-corrected chi connectivity index (χ0v) is 16.6. The molecule has 3 aromatic rings. The summed E-state index contributed by atoms with van der Waals surface area (Å²) in [7, 11) is 0. The second-order valence-electron chi connectivity index (χ2n) is 6.59. The van der Waals surface area contributed by atoms with Crippen LogP contribution in [0.25, 0.3) is 11.3 Å². The molecule has 0 radical (unpaired) electrons. The van der Waals surface area contributed by atoms with Crippen LogP contribution in [0.5, 0.6) is 0 Å². The zero-order valence-electron chi connectivity index (χ0n) is 16.6. The van der Waals surface area contributed by atoms with Crippen molar-refractivity contribution in [3.05, 3.63) is 89.4 Å². The maximum atomic E-state index is 14.2. The second-order valence-corrected chi connectivity index (χ2v) is 6.59. The molecule has 3 rings (SSSR count). The van der Waals surface area contributed by atoms with Crippen molar-refractivity contribution in [2.45, 2.75) is 12.8 Å². The van der Waals surface area contributed by atoms with E-state index in [0.717, 1.165) is 12.1 Å². The third-order valence-corrected chi connectivity index (χ3v) is 4.55. The number of rotatable bonds is 7. The van der Waals surface area contributed by atoms with Crippen LogP contribution < -0.4 is 5.32 Å². The quantitative estimate of drug-likeness (QED) is 0.572. The van der Waals surface area contributed by atoms with Gasteiger partial charge in [-0.2, -0.15) is 0 Å². The van der Waals surface area contributed by atoms with Crippen LogP contribution in [0.4, 0.5) is 13.2 Å². The van der Waals surface area contributed by atoms with Crippen molar-refractivity contribution in [2.75, 3.05) is 13.2 Å². The summed E-state index contributed by atoms with van der Waals surface area (Å²) in [5.74, 6) is -4.96. The van der Waals surface area contributed by atoms with Crippen molar-refractivity contribution in [1.29, 1.82) is 0 Å². The highest BCUT2D eigenvalue weighted by Crippen LogP contribution is 2.24. The number of hydrogen-bond donors (Lipinski definition) is 1. The molecule has 0 saturated carbocycles. The van der Waals surface area contributed by atoms with Crippen LogP contribution in [0.2, 0.25) is 0 Å². The number of ether oxygens (including phenoxy) is 1. The van der Waals surface area contributed by atoms with E-state index in [4.69, 9.17) is 4.74 Å². The summed E-state index contributed by atoms with van der Waals surface area (Å²) < 4.78 is 46.3. The molecule has 0 aliphatic rings. The number of amides is 1. The molecule has 8 heteroatoms. The van der Waals surface area contributed by atoms with Gasteiger partial charge in [0.05, 0.1) is 17.9 Å². The Bertz CT molecular complexity index is 1050. The smallest absolute Gasteiger partial charge is 0.315 e. The monoisotopic (exact) mass is 428 g/mol. The van der Waals surface area contributed by atoms with Gasteiger partial charge in [0.2, 0.25) is 0 Å². The van der Waals surface area contributed by atoms with Gasteiger partial charge in [-0.25, -0.2) is 13.2 Å². The van der Waals surface area contributed by atoms with Crippen LogP contribution in [0.3, 0.4) is 0 Å². The van der Waals surface area contributed by atoms with Gasteiger partial charge < -0.3 is 10.1 Å². The van der Waals surface area contributed by atoms with Crippen LogP contribution in [-0.4, -0.2) is 30.0 Å². The lowest BCUT2D eigenvalue weighted by molar-refractivity contribution is -0.144. The van der Waals surface area contributed by atoms with E-state index in [9.17, 15) is 22.8 Å². The van der Waals surface area contributed by atoms with Gasteiger partial charge in [-0.15, -0.1) is 0 Å². The Hall–Kier alpha value is -3.68. The Morgan fingerprint density at radius 3 is 2.26 bits per heavy atom. The normalized spacial score (nSPS) is 11.6. The minimum absolute atomic E-state index is 0.0219. The fourth-order valence-electron chi connectivity index (χ4n) is 3.01. The molecule has 1 heterocycles. The lowest BCUT2D eigenvalue weighted by Crippen LogP contribution is -2.33. The van der Waals surface area contributed by atoms with Crippen molar-refractivity contribution in [1.82, 2.24) is 10.3 Å². The lowest BCUT2D eigenvalue weighted by atomic mass is 9.97. The average molecular weight is 428 g/mol. The second kappa shape index (κ2) is 9.88. The topological polar surface area (TPSA) is 68.3 Å². The van der Waals surface area contributed by atoms with E-state index in [1.165, 1.54) is 30.5 Å². The number of halogens is 3. The van der Waals surface area contributed by atoms with E-state index in [2.05, 4.69) is 10.3 Å². The molecular formula is C23H19F3N2O3. The molecule has 0 aliphatic carbocycles. The van der Waals surface area contributed by atoms with E-state index < -0.39 is 35.0 Å². The van der Waals surface area contributed by atoms with Crippen molar-refractivity contribution in [2.24, 2.45) is 0 Å². The molecule has 0 spiro atoms. The molecule has 160 valence electrons. The summed E-state index contributed by atoms with van der Waals surface area (Å²) in [5.41, 5.74) is 0.925. The highest BCUT2D eigenvalue weighted by Gasteiger charge is 2.29.